The van der Waals surface area contributed by atoms with Gasteiger partial charge in [0.05, 0.1) is 6.04 Å². The highest BCUT2D eigenvalue weighted by Gasteiger charge is 2.19. The van der Waals surface area contributed by atoms with Crippen LogP contribution in [0.2, 0.25) is 0 Å². The summed E-state index contributed by atoms with van der Waals surface area (Å²) in [5.41, 5.74) is 1.85. The van der Waals surface area contributed by atoms with Crippen LogP contribution in [0.25, 0.3) is 0 Å². The molecular formula is C16H20N2OS. The van der Waals surface area contributed by atoms with Crippen LogP contribution in [-0.4, -0.2) is 10.9 Å². The quantitative estimate of drug-likeness (QED) is 0.904. The van der Waals surface area contributed by atoms with E-state index in [1.54, 1.807) is 17.5 Å². The fourth-order valence-electron chi connectivity index (χ4n) is 2.05. The average Bonchev–Trinajstić information content (AvgIpc) is 2.92. The topological polar surface area (TPSA) is 42.0 Å². The Labute approximate surface area is 124 Å². The van der Waals surface area contributed by atoms with E-state index in [0.717, 1.165) is 17.0 Å². The Hall–Kier alpha value is -1.68. The van der Waals surface area contributed by atoms with Crippen LogP contribution in [0, 0.1) is 12.8 Å². The molecule has 0 aliphatic carbocycles. The van der Waals surface area contributed by atoms with Crippen molar-refractivity contribution in [1.82, 2.24) is 10.3 Å². The average molecular weight is 288 g/mol. The first kappa shape index (κ1) is 14.7. The molecule has 0 radical (unpaired) electrons. The Morgan fingerprint density at radius 3 is 2.55 bits per heavy atom. The maximum absolute atomic E-state index is 12.3. The number of hydrogen-bond donors (Lipinski definition) is 1. The third-order valence-electron chi connectivity index (χ3n) is 3.08. The molecule has 0 fully saturated rings. The number of carbonyl (C=O) groups is 1. The van der Waals surface area contributed by atoms with E-state index >= 15 is 0 Å². The molecule has 106 valence electrons. The summed E-state index contributed by atoms with van der Waals surface area (Å²) in [7, 11) is 0. The smallest absolute Gasteiger partial charge is 0.251 e. The maximum Gasteiger partial charge on any atom is 0.251 e. The van der Waals surface area contributed by atoms with Gasteiger partial charge in [0.25, 0.3) is 5.91 Å². The summed E-state index contributed by atoms with van der Waals surface area (Å²) < 4.78 is 0. The molecule has 0 aliphatic heterocycles. The van der Waals surface area contributed by atoms with Crippen molar-refractivity contribution in [2.45, 2.75) is 33.2 Å². The summed E-state index contributed by atoms with van der Waals surface area (Å²) >= 11 is 1.59. The van der Waals surface area contributed by atoms with Gasteiger partial charge in [0.1, 0.15) is 5.01 Å². The van der Waals surface area contributed by atoms with Crippen molar-refractivity contribution < 1.29 is 4.79 Å². The zero-order valence-electron chi connectivity index (χ0n) is 12.1. The number of rotatable bonds is 5. The normalized spacial score (nSPS) is 12.4. The molecule has 4 heteroatoms. The van der Waals surface area contributed by atoms with E-state index in [-0.39, 0.29) is 11.9 Å². The van der Waals surface area contributed by atoms with Gasteiger partial charge in [0.15, 0.2) is 0 Å². The minimum Gasteiger partial charge on any atom is -0.343 e. The first-order valence-electron chi connectivity index (χ1n) is 6.83. The van der Waals surface area contributed by atoms with E-state index in [4.69, 9.17) is 0 Å². The van der Waals surface area contributed by atoms with Crippen LogP contribution in [0.5, 0.6) is 0 Å². The van der Waals surface area contributed by atoms with E-state index in [0.29, 0.717) is 11.5 Å². The number of aromatic nitrogens is 1. The maximum atomic E-state index is 12.3. The van der Waals surface area contributed by atoms with Crippen molar-refractivity contribution >= 4 is 17.2 Å². The molecule has 2 rings (SSSR count). The van der Waals surface area contributed by atoms with E-state index < -0.39 is 0 Å². The van der Waals surface area contributed by atoms with Gasteiger partial charge in [-0.1, -0.05) is 31.5 Å². The lowest BCUT2D eigenvalue weighted by Gasteiger charge is -2.18. The molecule has 0 saturated carbocycles. The standard InChI is InChI=1S/C16H20N2OS/c1-11(2)10-14(16-17-8-9-20-16)18-15(19)13-6-4-12(3)5-7-13/h4-9,11,14H,10H2,1-3H3,(H,18,19). The monoisotopic (exact) mass is 288 g/mol. The van der Waals surface area contributed by atoms with Crippen LogP contribution in [0.4, 0.5) is 0 Å². The second-order valence-corrected chi connectivity index (χ2v) is 6.32. The van der Waals surface area contributed by atoms with Crippen LogP contribution >= 0.6 is 11.3 Å². The van der Waals surface area contributed by atoms with Crippen LogP contribution in [-0.2, 0) is 0 Å². The lowest BCUT2D eigenvalue weighted by molar-refractivity contribution is 0.0932. The van der Waals surface area contributed by atoms with E-state index in [1.807, 2.05) is 36.6 Å². The summed E-state index contributed by atoms with van der Waals surface area (Å²) in [5.74, 6) is 0.466. The number of nitrogens with one attached hydrogen (secondary N) is 1. The fraction of sp³-hybridized carbons (Fsp3) is 0.375. The van der Waals surface area contributed by atoms with Crippen molar-refractivity contribution in [2.75, 3.05) is 0 Å². The van der Waals surface area contributed by atoms with E-state index in [2.05, 4.69) is 24.1 Å². The van der Waals surface area contributed by atoms with Gasteiger partial charge >= 0.3 is 0 Å². The zero-order chi connectivity index (χ0) is 14.5. The molecule has 20 heavy (non-hydrogen) atoms. The molecule has 1 heterocycles. The Morgan fingerprint density at radius 2 is 2.00 bits per heavy atom. The first-order valence-corrected chi connectivity index (χ1v) is 7.71. The number of amides is 1. The number of aryl methyl sites for hydroxylation is 1. The van der Waals surface area contributed by atoms with Crippen molar-refractivity contribution in [3.05, 3.63) is 52.0 Å². The van der Waals surface area contributed by atoms with Crippen LogP contribution in [0.1, 0.15) is 47.2 Å². The molecule has 1 N–H and O–H groups in total. The molecule has 1 aromatic heterocycles. The molecule has 1 atom stereocenters. The minimum absolute atomic E-state index is 0.0104. The molecule has 1 aromatic carbocycles. The summed E-state index contributed by atoms with van der Waals surface area (Å²) in [6, 6.07) is 7.62. The second-order valence-electron chi connectivity index (χ2n) is 5.39. The highest BCUT2D eigenvalue weighted by atomic mass is 32.1. The fourth-order valence-corrected chi connectivity index (χ4v) is 2.75. The number of carbonyl (C=O) groups excluding carboxylic acids is 1. The Kier molecular flexibility index (Phi) is 4.90. The summed E-state index contributed by atoms with van der Waals surface area (Å²) in [6.45, 7) is 6.32. The highest BCUT2D eigenvalue weighted by molar-refractivity contribution is 7.09. The lowest BCUT2D eigenvalue weighted by atomic mass is 10.0. The Balaban J connectivity index is 2.11. The van der Waals surface area contributed by atoms with Gasteiger partial charge in [-0.05, 0) is 31.4 Å². The SMILES string of the molecule is Cc1ccc(C(=O)NC(CC(C)C)c2nccs2)cc1. The van der Waals surface area contributed by atoms with Crippen molar-refractivity contribution in [1.29, 1.82) is 0 Å². The first-order chi connectivity index (χ1) is 9.56. The van der Waals surface area contributed by atoms with Crippen LogP contribution in [0.15, 0.2) is 35.8 Å². The van der Waals surface area contributed by atoms with Gasteiger partial charge in [0.2, 0.25) is 0 Å². The third kappa shape index (κ3) is 3.90. The van der Waals surface area contributed by atoms with E-state index in [9.17, 15) is 4.79 Å². The largest absolute Gasteiger partial charge is 0.343 e. The number of thiazole rings is 1. The summed E-state index contributed by atoms with van der Waals surface area (Å²) in [6.07, 6.45) is 2.68. The molecule has 0 spiro atoms. The molecule has 3 nitrogen and oxygen atoms in total. The van der Waals surface area contributed by atoms with Crippen molar-refractivity contribution in [3.63, 3.8) is 0 Å². The van der Waals surface area contributed by atoms with Gasteiger partial charge in [-0.15, -0.1) is 11.3 Å². The minimum atomic E-state index is -0.0362. The highest BCUT2D eigenvalue weighted by Crippen LogP contribution is 2.23. The number of hydrogen-bond acceptors (Lipinski definition) is 3. The second kappa shape index (κ2) is 6.66. The van der Waals surface area contributed by atoms with Gasteiger partial charge in [0, 0.05) is 17.1 Å². The van der Waals surface area contributed by atoms with Crippen LogP contribution < -0.4 is 5.32 Å². The molecule has 0 aliphatic rings. The third-order valence-corrected chi connectivity index (χ3v) is 3.96. The number of benzene rings is 1. The zero-order valence-corrected chi connectivity index (χ0v) is 12.9. The molecule has 1 amide bonds. The molecule has 0 saturated heterocycles. The molecule has 1 unspecified atom stereocenters. The Bertz CT molecular complexity index is 546. The van der Waals surface area contributed by atoms with E-state index in [1.165, 1.54) is 0 Å². The molecule has 2 aromatic rings. The summed E-state index contributed by atoms with van der Waals surface area (Å²) in [4.78, 5) is 16.6. The lowest BCUT2D eigenvalue weighted by Crippen LogP contribution is -2.29. The van der Waals surface area contributed by atoms with Gasteiger partial charge in [-0.2, -0.15) is 0 Å². The van der Waals surface area contributed by atoms with Crippen molar-refractivity contribution in [3.8, 4) is 0 Å². The van der Waals surface area contributed by atoms with Gasteiger partial charge < -0.3 is 5.32 Å². The molecular weight excluding hydrogens is 268 g/mol. The predicted molar refractivity (Wildman–Crippen MR) is 83.0 cm³/mol. The van der Waals surface area contributed by atoms with Gasteiger partial charge in [-0.3, -0.25) is 4.79 Å². The number of nitrogens with zero attached hydrogens (tertiary/aromatic N) is 1. The van der Waals surface area contributed by atoms with Crippen molar-refractivity contribution in [2.24, 2.45) is 5.92 Å². The van der Waals surface area contributed by atoms with Gasteiger partial charge in [-0.25, -0.2) is 4.98 Å². The predicted octanol–water partition coefficient (Wildman–Crippen LogP) is 3.97. The van der Waals surface area contributed by atoms with Crippen LogP contribution in [0.3, 0.4) is 0 Å². The summed E-state index contributed by atoms with van der Waals surface area (Å²) in [5, 5.41) is 6.01. The molecule has 0 bridgehead atoms. The Morgan fingerprint density at radius 1 is 1.30 bits per heavy atom.